The molecule has 0 atom stereocenters. The number of benzene rings is 4. The van der Waals surface area contributed by atoms with Gasteiger partial charge in [0.15, 0.2) is 0 Å². The molecule has 0 bridgehead atoms. The predicted octanol–water partition coefficient (Wildman–Crippen LogP) is 3.41. The Kier molecular flexibility index (Phi) is 5.98. The van der Waals surface area contributed by atoms with Crippen LogP contribution in [0, 0.1) is 6.92 Å². The molecule has 0 unspecified atom stereocenters. The van der Waals surface area contributed by atoms with Gasteiger partial charge >= 0.3 is 0 Å². The zero-order valence-electron chi connectivity index (χ0n) is 19.8. The minimum Gasteiger partial charge on any atom is -0.369 e. The van der Waals surface area contributed by atoms with Gasteiger partial charge in [0.25, 0.3) is 5.91 Å². The number of aryl methyl sites for hydroxylation is 1. The minimum absolute atomic E-state index is 0.0314. The van der Waals surface area contributed by atoms with Crippen molar-refractivity contribution in [1.82, 2.24) is 9.78 Å². The first kappa shape index (κ1) is 24.2. The van der Waals surface area contributed by atoms with Crippen LogP contribution in [0.4, 0.5) is 5.69 Å². The molecule has 0 aliphatic carbocycles. The van der Waals surface area contributed by atoms with Gasteiger partial charge in [0.1, 0.15) is 0 Å². The van der Waals surface area contributed by atoms with Gasteiger partial charge in [-0.3, -0.25) is 9.59 Å². The highest BCUT2D eigenvalue weighted by Crippen LogP contribution is 2.32. The molecule has 0 aliphatic rings. The summed E-state index contributed by atoms with van der Waals surface area (Å²) >= 11 is 0. The van der Waals surface area contributed by atoms with Gasteiger partial charge in [-0.1, -0.05) is 36.4 Å². The second kappa shape index (κ2) is 9.16. The maximum Gasteiger partial charge on any atom is 0.255 e. The number of hydrogen-bond acceptors (Lipinski definition) is 5. The first-order chi connectivity index (χ1) is 17.6. The van der Waals surface area contributed by atoms with Gasteiger partial charge < -0.3 is 11.1 Å². The van der Waals surface area contributed by atoms with Crippen LogP contribution in [0.2, 0.25) is 0 Å². The summed E-state index contributed by atoms with van der Waals surface area (Å²) < 4.78 is 25.1. The average molecular weight is 514 g/mol. The molecule has 0 radical (unpaired) electrons. The maximum absolute atomic E-state index is 12.9. The molecule has 10 heteroatoms. The number of aromatic nitrogens is 2. The quantitative estimate of drug-likeness (QED) is 0.318. The molecule has 5 rings (SSSR count). The lowest BCUT2D eigenvalue weighted by molar-refractivity contribution is -0.117. The lowest BCUT2D eigenvalue weighted by Crippen LogP contribution is -2.14. The molecular weight excluding hydrogens is 490 g/mol. The zero-order chi connectivity index (χ0) is 26.3. The second-order valence-corrected chi connectivity index (χ2v) is 10.3. The SMILES string of the molecule is Cc1ccccc1C(=O)Nc1ccc2ccc3c(CC(N)=O)nn(-c4ccc(S(N)(=O)=O)cc4)c3c2c1. The number of hydrogen-bond donors (Lipinski definition) is 3. The zero-order valence-corrected chi connectivity index (χ0v) is 20.6. The highest BCUT2D eigenvalue weighted by Gasteiger charge is 2.18. The van der Waals surface area contributed by atoms with E-state index in [0.717, 1.165) is 16.3 Å². The fourth-order valence-corrected chi connectivity index (χ4v) is 4.87. The van der Waals surface area contributed by atoms with Crippen molar-refractivity contribution >= 4 is 49.2 Å². The van der Waals surface area contributed by atoms with Gasteiger partial charge in [-0.15, -0.1) is 0 Å². The Morgan fingerprint density at radius 3 is 2.32 bits per heavy atom. The molecule has 5 aromatic rings. The van der Waals surface area contributed by atoms with Crippen LogP contribution in [0.15, 0.2) is 83.8 Å². The third-order valence-corrected chi connectivity index (χ3v) is 7.06. The van der Waals surface area contributed by atoms with E-state index >= 15 is 0 Å². The number of primary amides is 1. The second-order valence-electron chi connectivity index (χ2n) is 8.71. The van der Waals surface area contributed by atoms with E-state index in [9.17, 15) is 18.0 Å². The Morgan fingerprint density at radius 1 is 0.946 bits per heavy atom. The van der Waals surface area contributed by atoms with Crippen molar-refractivity contribution < 1.29 is 18.0 Å². The number of anilines is 1. The summed E-state index contributed by atoms with van der Waals surface area (Å²) in [6.07, 6.45) is -0.0754. The van der Waals surface area contributed by atoms with E-state index in [0.29, 0.717) is 33.5 Å². The summed E-state index contributed by atoms with van der Waals surface area (Å²) in [5.41, 5.74) is 9.22. The number of nitrogens with one attached hydrogen (secondary N) is 1. The number of primary sulfonamides is 1. The molecule has 0 aliphatic heterocycles. The summed E-state index contributed by atoms with van der Waals surface area (Å²) in [6.45, 7) is 1.87. The van der Waals surface area contributed by atoms with Crippen molar-refractivity contribution in [2.24, 2.45) is 10.9 Å². The maximum atomic E-state index is 12.9. The first-order valence-corrected chi connectivity index (χ1v) is 12.9. The van der Waals surface area contributed by atoms with Crippen LogP contribution >= 0.6 is 0 Å². The van der Waals surface area contributed by atoms with Gasteiger partial charge in [0, 0.05) is 22.0 Å². The number of carbonyl (C=O) groups excluding carboxylic acids is 2. The van der Waals surface area contributed by atoms with E-state index in [1.165, 1.54) is 12.1 Å². The van der Waals surface area contributed by atoms with Crippen LogP contribution < -0.4 is 16.2 Å². The van der Waals surface area contributed by atoms with Gasteiger partial charge in [-0.25, -0.2) is 18.2 Å². The molecule has 186 valence electrons. The van der Waals surface area contributed by atoms with Crippen molar-refractivity contribution in [2.75, 3.05) is 5.32 Å². The number of rotatable bonds is 6. The summed E-state index contributed by atoms with van der Waals surface area (Å²) in [7, 11) is -3.86. The lowest BCUT2D eigenvalue weighted by atomic mass is 10.0. The number of nitrogens with zero attached hydrogens (tertiary/aromatic N) is 2. The van der Waals surface area contributed by atoms with Crippen molar-refractivity contribution in [3.63, 3.8) is 0 Å². The Bertz CT molecular complexity index is 1810. The molecular formula is C27H23N5O4S. The Hall–Kier alpha value is -4.54. The first-order valence-electron chi connectivity index (χ1n) is 11.3. The number of fused-ring (bicyclic) bond motifs is 3. The van der Waals surface area contributed by atoms with Gasteiger partial charge in [-0.2, -0.15) is 5.10 Å². The van der Waals surface area contributed by atoms with Crippen molar-refractivity contribution in [1.29, 1.82) is 0 Å². The molecule has 0 saturated carbocycles. The lowest BCUT2D eigenvalue weighted by Gasteiger charge is -2.11. The van der Waals surface area contributed by atoms with E-state index in [-0.39, 0.29) is 17.2 Å². The van der Waals surface area contributed by atoms with Crippen molar-refractivity contribution in [3.8, 4) is 5.69 Å². The van der Waals surface area contributed by atoms with E-state index in [1.807, 2.05) is 55.5 Å². The molecule has 2 amide bonds. The predicted molar refractivity (Wildman–Crippen MR) is 142 cm³/mol. The summed E-state index contributed by atoms with van der Waals surface area (Å²) in [6, 6.07) is 22.6. The van der Waals surface area contributed by atoms with Crippen LogP contribution in [0.3, 0.4) is 0 Å². The van der Waals surface area contributed by atoms with E-state index < -0.39 is 15.9 Å². The Balaban J connectivity index is 1.68. The molecule has 4 aromatic carbocycles. The van der Waals surface area contributed by atoms with Crippen molar-refractivity contribution in [2.45, 2.75) is 18.2 Å². The molecule has 1 heterocycles. The summed E-state index contributed by atoms with van der Waals surface area (Å²) in [4.78, 5) is 24.6. The smallest absolute Gasteiger partial charge is 0.255 e. The van der Waals surface area contributed by atoms with E-state index in [1.54, 1.807) is 22.9 Å². The number of amides is 2. The average Bonchev–Trinajstić information content (AvgIpc) is 3.22. The van der Waals surface area contributed by atoms with Gasteiger partial charge in [0.05, 0.1) is 28.2 Å². The summed E-state index contributed by atoms with van der Waals surface area (Å²) in [5.74, 6) is -0.762. The third kappa shape index (κ3) is 4.67. The third-order valence-electron chi connectivity index (χ3n) is 6.14. The molecule has 1 aromatic heterocycles. The standard InChI is InChI=1S/C27H23N5O4S/c1-16-4-2-3-5-21(16)27(34)30-18-8-6-17-7-13-22-24(15-25(28)33)31-32(26(22)23(17)14-18)19-9-11-20(12-10-19)37(29,35)36/h2-14H,15H2,1H3,(H2,28,33)(H,30,34)(H2,29,35,36). The normalized spacial score (nSPS) is 11.6. The van der Waals surface area contributed by atoms with Gasteiger partial charge in [-0.05, 0) is 60.3 Å². The van der Waals surface area contributed by atoms with Crippen LogP contribution in [-0.4, -0.2) is 30.0 Å². The molecule has 9 nitrogen and oxygen atoms in total. The molecule has 0 saturated heterocycles. The number of nitrogens with two attached hydrogens (primary N) is 2. The highest BCUT2D eigenvalue weighted by molar-refractivity contribution is 7.89. The molecule has 37 heavy (non-hydrogen) atoms. The monoisotopic (exact) mass is 513 g/mol. The largest absolute Gasteiger partial charge is 0.369 e. The number of carbonyl (C=O) groups is 2. The Labute approximate surface area is 212 Å². The molecule has 0 fully saturated rings. The Morgan fingerprint density at radius 2 is 1.65 bits per heavy atom. The molecule has 5 N–H and O–H groups in total. The van der Waals surface area contributed by atoms with Crippen molar-refractivity contribution in [3.05, 3.63) is 95.7 Å². The van der Waals surface area contributed by atoms with Crippen LogP contribution in [0.1, 0.15) is 21.6 Å². The minimum atomic E-state index is -3.86. The van der Waals surface area contributed by atoms with E-state index in [4.69, 9.17) is 10.9 Å². The van der Waals surface area contributed by atoms with Crippen LogP contribution in [0.25, 0.3) is 27.4 Å². The number of sulfonamides is 1. The fourth-order valence-electron chi connectivity index (χ4n) is 4.35. The summed E-state index contributed by atoms with van der Waals surface area (Å²) in [5, 5.41) is 15.2. The fraction of sp³-hybridized carbons (Fsp3) is 0.0741. The highest BCUT2D eigenvalue weighted by atomic mass is 32.2. The van der Waals surface area contributed by atoms with E-state index in [2.05, 4.69) is 10.4 Å². The van der Waals surface area contributed by atoms with Gasteiger partial charge in [0.2, 0.25) is 15.9 Å². The van der Waals surface area contributed by atoms with Crippen LogP contribution in [-0.2, 0) is 21.2 Å². The van der Waals surface area contributed by atoms with Crippen LogP contribution in [0.5, 0.6) is 0 Å². The molecule has 0 spiro atoms. The topological polar surface area (TPSA) is 150 Å².